The standard InChI is InChI=1S/C39H65N9O20/c1-6-17(4)29(47-38(66)30(18(5)52)48-31(59)19(40)11-16(2)3)37(65)41-20(7-9-26(53)54)32(60)44-24(14-50)35(63)46-25(15-51)36(64)45-23(13-49)34(62)43-22(12-28(57)58)33(61)42-21(39(67)68)8-10-27(55)56/h16-25,29-30,49-52H,6-15,40H2,1-5H3,(H,41,65)(H,42,61)(H,43,62)(H,44,60)(H,45,64)(H,46,63)(H,47,66)(H,48,59)(H,53,54)(H,55,56)(H,57,58)(H,67,68)/t17-,18+,19-,20-,21-,22-,23-,24-,25-,29-,30-/m0/s1. The average Bonchev–Trinajstić information content (AvgIpc) is 3.25. The molecule has 18 N–H and O–H groups in total. The lowest BCUT2D eigenvalue weighted by atomic mass is 9.96. The molecule has 0 aromatic heterocycles. The molecule has 0 heterocycles. The number of carbonyl (C=O) groups is 12. The van der Waals surface area contributed by atoms with E-state index in [-0.39, 0.29) is 18.8 Å². The summed E-state index contributed by atoms with van der Waals surface area (Å²) in [5.41, 5.74) is 5.91. The highest BCUT2D eigenvalue weighted by molar-refractivity contribution is 5.99. The summed E-state index contributed by atoms with van der Waals surface area (Å²) in [6, 6.07) is -15.8. The Kier molecular flexibility index (Phi) is 27.7. The third-order valence-corrected chi connectivity index (χ3v) is 9.92. The van der Waals surface area contributed by atoms with Gasteiger partial charge in [0, 0.05) is 12.8 Å². The second-order valence-corrected chi connectivity index (χ2v) is 16.1. The lowest BCUT2D eigenvalue weighted by Crippen LogP contribution is -2.62. The molecule has 68 heavy (non-hydrogen) atoms. The SMILES string of the molecule is CC[C@H](C)[C@H](NC(=O)[C@@H](NC(=O)[C@@H](N)CC(C)C)[C@@H](C)O)C(=O)N[C@@H](CCC(=O)O)C(=O)N[C@@H](CO)C(=O)N[C@@H](CO)C(=O)N[C@@H](CO)C(=O)N[C@@H](CC(=O)O)C(=O)N[C@@H](CCC(=O)O)C(=O)O. The number of aliphatic hydroxyl groups excluding tert-OH is 4. The molecule has 0 radical (unpaired) electrons. The minimum Gasteiger partial charge on any atom is -0.481 e. The Hall–Kier alpha value is -6.56. The summed E-state index contributed by atoms with van der Waals surface area (Å²) >= 11 is 0. The minimum atomic E-state index is -2.05. The van der Waals surface area contributed by atoms with E-state index in [9.17, 15) is 93.3 Å². The van der Waals surface area contributed by atoms with Gasteiger partial charge in [0.2, 0.25) is 47.3 Å². The number of nitrogens with two attached hydrogens (primary N) is 1. The second-order valence-electron chi connectivity index (χ2n) is 16.1. The Balaban J connectivity index is 6.18. The summed E-state index contributed by atoms with van der Waals surface area (Å²) in [5, 5.41) is 93.6. The van der Waals surface area contributed by atoms with Crippen molar-refractivity contribution in [2.45, 2.75) is 140 Å². The van der Waals surface area contributed by atoms with Crippen LogP contribution in [0, 0.1) is 11.8 Å². The smallest absolute Gasteiger partial charge is 0.326 e. The molecule has 0 aliphatic heterocycles. The van der Waals surface area contributed by atoms with Crippen LogP contribution >= 0.6 is 0 Å². The lowest BCUT2D eigenvalue weighted by molar-refractivity contribution is -0.144. The van der Waals surface area contributed by atoms with Crippen LogP contribution in [0.4, 0.5) is 0 Å². The van der Waals surface area contributed by atoms with Gasteiger partial charge in [-0.3, -0.25) is 52.7 Å². The van der Waals surface area contributed by atoms with Crippen LogP contribution in [0.25, 0.3) is 0 Å². The molecule has 11 atom stereocenters. The first-order valence-electron chi connectivity index (χ1n) is 21.2. The molecule has 29 nitrogen and oxygen atoms in total. The van der Waals surface area contributed by atoms with Gasteiger partial charge in [-0.15, -0.1) is 0 Å². The maximum atomic E-state index is 13.7. The number of carbonyl (C=O) groups excluding carboxylic acids is 8. The predicted octanol–water partition coefficient (Wildman–Crippen LogP) is -7.07. The van der Waals surface area contributed by atoms with Gasteiger partial charge in [0.1, 0.15) is 48.3 Å². The van der Waals surface area contributed by atoms with E-state index in [1.165, 1.54) is 13.8 Å². The van der Waals surface area contributed by atoms with Gasteiger partial charge in [0.25, 0.3) is 0 Å². The van der Waals surface area contributed by atoms with E-state index in [0.29, 0.717) is 0 Å². The van der Waals surface area contributed by atoms with Gasteiger partial charge in [0.05, 0.1) is 38.4 Å². The number of hydrogen-bond donors (Lipinski definition) is 17. The van der Waals surface area contributed by atoms with Crippen LogP contribution in [0.1, 0.15) is 79.6 Å². The summed E-state index contributed by atoms with van der Waals surface area (Å²) in [6.07, 6.45) is -4.91. The van der Waals surface area contributed by atoms with Crippen LogP contribution in [-0.4, -0.2) is 192 Å². The molecule has 0 unspecified atom stereocenters. The van der Waals surface area contributed by atoms with Gasteiger partial charge in [0.15, 0.2) is 0 Å². The van der Waals surface area contributed by atoms with Gasteiger partial charge in [-0.2, -0.15) is 0 Å². The third kappa shape index (κ3) is 22.3. The molecule has 0 bridgehead atoms. The second kappa shape index (κ2) is 30.7. The van der Waals surface area contributed by atoms with E-state index < -0.39 is 189 Å². The Morgan fingerprint density at radius 2 is 0.809 bits per heavy atom. The molecule has 386 valence electrons. The van der Waals surface area contributed by atoms with E-state index >= 15 is 0 Å². The fraction of sp³-hybridized carbons (Fsp3) is 0.692. The van der Waals surface area contributed by atoms with E-state index in [4.69, 9.17) is 10.8 Å². The maximum absolute atomic E-state index is 13.7. The van der Waals surface area contributed by atoms with Crippen LogP contribution in [0.3, 0.4) is 0 Å². The molecule has 0 fully saturated rings. The van der Waals surface area contributed by atoms with Crippen molar-refractivity contribution in [2.75, 3.05) is 19.8 Å². The number of rotatable bonds is 33. The van der Waals surface area contributed by atoms with Gasteiger partial charge in [-0.1, -0.05) is 34.1 Å². The molecule has 0 saturated heterocycles. The van der Waals surface area contributed by atoms with Crippen LogP contribution in [0.5, 0.6) is 0 Å². The van der Waals surface area contributed by atoms with Crippen molar-refractivity contribution in [3.05, 3.63) is 0 Å². The van der Waals surface area contributed by atoms with Crippen molar-refractivity contribution in [2.24, 2.45) is 17.6 Å². The average molecular weight is 980 g/mol. The molecule has 0 aliphatic rings. The van der Waals surface area contributed by atoms with E-state index in [0.717, 1.165) is 0 Å². The molecule has 0 aliphatic carbocycles. The first-order valence-corrected chi connectivity index (χ1v) is 21.2. The van der Waals surface area contributed by atoms with Gasteiger partial charge >= 0.3 is 23.9 Å². The number of nitrogens with one attached hydrogen (secondary N) is 8. The zero-order valence-electron chi connectivity index (χ0n) is 38.1. The highest BCUT2D eigenvalue weighted by Gasteiger charge is 2.37. The van der Waals surface area contributed by atoms with E-state index in [2.05, 4.69) is 21.3 Å². The number of carboxylic acid groups (broad SMARTS) is 4. The third-order valence-electron chi connectivity index (χ3n) is 9.92. The molecular weight excluding hydrogens is 914 g/mol. The highest BCUT2D eigenvalue weighted by atomic mass is 16.4. The summed E-state index contributed by atoms with van der Waals surface area (Å²) in [6.45, 7) is 4.26. The fourth-order valence-corrected chi connectivity index (χ4v) is 5.88. The first-order chi connectivity index (χ1) is 31.6. The Morgan fingerprint density at radius 1 is 0.456 bits per heavy atom. The van der Waals surface area contributed by atoms with Gasteiger partial charge in [-0.25, -0.2) is 4.79 Å². The molecule has 8 amide bonds. The van der Waals surface area contributed by atoms with Crippen LogP contribution in [-0.2, 0) is 57.5 Å². The van der Waals surface area contributed by atoms with Crippen molar-refractivity contribution in [1.82, 2.24) is 42.5 Å². The Bertz CT molecular complexity index is 1800. The number of aliphatic hydroxyl groups is 4. The topological polar surface area (TPSA) is 489 Å². The summed E-state index contributed by atoms with van der Waals surface area (Å²) in [5.74, 6) is -16.7. The quantitative estimate of drug-likeness (QED) is 0.0290. The fourth-order valence-electron chi connectivity index (χ4n) is 5.88. The molecular formula is C39H65N9O20. The monoisotopic (exact) mass is 979 g/mol. The van der Waals surface area contributed by atoms with Crippen molar-refractivity contribution in [1.29, 1.82) is 0 Å². The van der Waals surface area contributed by atoms with Crippen molar-refractivity contribution in [3.8, 4) is 0 Å². The van der Waals surface area contributed by atoms with Crippen molar-refractivity contribution in [3.63, 3.8) is 0 Å². The zero-order chi connectivity index (χ0) is 52.6. The molecule has 0 aromatic carbocycles. The number of aliphatic carboxylic acids is 4. The summed E-state index contributed by atoms with van der Waals surface area (Å²) in [4.78, 5) is 151. The minimum absolute atomic E-state index is 0.00428. The Morgan fingerprint density at radius 3 is 1.18 bits per heavy atom. The maximum Gasteiger partial charge on any atom is 0.326 e. The predicted molar refractivity (Wildman–Crippen MR) is 229 cm³/mol. The van der Waals surface area contributed by atoms with Crippen molar-refractivity contribution >= 4 is 71.1 Å². The first kappa shape index (κ1) is 61.4. The molecule has 0 saturated carbocycles. The largest absolute Gasteiger partial charge is 0.481 e. The van der Waals surface area contributed by atoms with Crippen molar-refractivity contribution < 1.29 is 98.4 Å². The van der Waals surface area contributed by atoms with Crippen LogP contribution < -0.4 is 48.3 Å². The molecule has 0 spiro atoms. The normalized spacial score (nSPS) is 15.9. The lowest BCUT2D eigenvalue weighted by Gasteiger charge is -2.30. The van der Waals surface area contributed by atoms with Gasteiger partial charge in [-0.05, 0) is 38.0 Å². The number of amides is 8. The number of carboxylic acids is 4. The molecule has 0 rings (SSSR count). The summed E-state index contributed by atoms with van der Waals surface area (Å²) in [7, 11) is 0. The molecule has 0 aromatic rings. The summed E-state index contributed by atoms with van der Waals surface area (Å²) < 4.78 is 0. The zero-order valence-corrected chi connectivity index (χ0v) is 38.1. The number of hydrogen-bond acceptors (Lipinski definition) is 17. The van der Waals surface area contributed by atoms with E-state index in [1.54, 1.807) is 20.8 Å². The van der Waals surface area contributed by atoms with Crippen LogP contribution in [0.2, 0.25) is 0 Å². The van der Waals surface area contributed by atoms with Crippen LogP contribution in [0.15, 0.2) is 0 Å². The highest BCUT2D eigenvalue weighted by Crippen LogP contribution is 2.12. The van der Waals surface area contributed by atoms with Gasteiger partial charge < -0.3 is 89.1 Å². The Labute approximate surface area is 389 Å². The molecule has 29 heteroatoms. The van der Waals surface area contributed by atoms with E-state index in [1.807, 2.05) is 21.3 Å².